The molecule has 0 spiro atoms. The maximum atomic E-state index is 8.74. The van der Waals surface area contributed by atoms with Gasteiger partial charge in [0, 0.05) is 37.7 Å². The van der Waals surface area contributed by atoms with Gasteiger partial charge in [0.15, 0.2) is 0 Å². The van der Waals surface area contributed by atoms with Gasteiger partial charge < -0.3 is 10.4 Å². The lowest BCUT2D eigenvalue weighted by Crippen LogP contribution is -2.26. The lowest BCUT2D eigenvalue weighted by Gasteiger charge is -2.21. The second-order valence-electron chi connectivity index (χ2n) is 4.67. The van der Waals surface area contributed by atoms with Crippen LogP contribution in [0.2, 0.25) is 0 Å². The van der Waals surface area contributed by atoms with Crippen molar-refractivity contribution in [1.29, 1.82) is 0 Å². The number of hydrogen-bond acceptors (Lipinski definition) is 5. The number of nitrogens with one attached hydrogen (secondary N) is 1. The summed E-state index contributed by atoms with van der Waals surface area (Å²) in [4.78, 5) is 0. The van der Waals surface area contributed by atoms with Crippen LogP contribution in [0.25, 0.3) is 0 Å². The van der Waals surface area contributed by atoms with Gasteiger partial charge >= 0.3 is 0 Å². The van der Waals surface area contributed by atoms with Gasteiger partial charge in [-0.25, -0.2) is 0 Å². The summed E-state index contributed by atoms with van der Waals surface area (Å²) in [6, 6.07) is 0. The van der Waals surface area contributed by atoms with Crippen molar-refractivity contribution < 1.29 is 5.11 Å². The molecule has 2 heterocycles. The van der Waals surface area contributed by atoms with E-state index in [0.29, 0.717) is 0 Å². The number of rotatable bonds is 7. The minimum Gasteiger partial charge on any atom is -0.396 e. The van der Waals surface area contributed by atoms with E-state index >= 15 is 0 Å². The van der Waals surface area contributed by atoms with E-state index in [9.17, 15) is 0 Å². The number of aliphatic hydroxyl groups excluding tert-OH is 1. The van der Waals surface area contributed by atoms with Crippen molar-refractivity contribution in [3.8, 4) is 0 Å². The van der Waals surface area contributed by atoms with Crippen molar-refractivity contribution in [1.82, 2.24) is 20.3 Å². The lowest BCUT2D eigenvalue weighted by atomic mass is 10.2. The first kappa shape index (κ1) is 13.8. The van der Waals surface area contributed by atoms with Gasteiger partial charge in [-0.2, -0.15) is 11.8 Å². The second kappa shape index (κ2) is 7.76. The first-order valence-corrected chi connectivity index (χ1v) is 7.75. The Morgan fingerprint density at radius 2 is 2.44 bits per heavy atom. The topological polar surface area (TPSA) is 63.0 Å². The Kier molecular flexibility index (Phi) is 5.96. The fourth-order valence-corrected chi connectivity index (χ4v) is 3.36. The largest absolute Gasteiger partial charge is 0.396 e. The van der Waals surface area contributed by atoms with Gasteiger partial charge in [0.25, 0.3) is 0 Å². The van der Waals surface area contributed by atoms with Gasteiger partial charge in [0.1, 0.15) is 0 Å². The van der Waals surface area contributed by atoms with Crippen LogP contribution in [-0.4, -0.2) is 44.3 Å². The fourth-order valence-electron chi connectivity index (χ4n) is 2.09. The van der Waals surface area contributed by atoms with Crippen LogP contribution in [0.4, 0.5) is 0 Å². The van der Waals surface area contributed by atoms with Gasteiger partial charge in [-0.15, -0.1) is 5.10 Å². The smallest absolute Gasteiger partial charge is 0.0964 e. The first-order valence-electron chi connectivity index (χ1n) is 6.70. The molecule has 18 heavy (non-hydrogen) atoms. The van der Waals surface area contributed by atoms with Crippen molar-refractivity contribution in [3.63, 3.8) is 0 Å². The van der Waals surface area contributed by atoms with Crippen LogP contribution in [0.5, 0.6) is 0 Å². The maximum absolute atomic E-state index is 8.74. The molecule has 0 bridgehead atoms. The molecular weight excluding hydrogens is 248 g/mol. The average molecular weight is 270 g/mol. The molecule has 0 radical (unpaired) electrons. The first-order chi connectivity index (χ1) is 8.88. The van der Waals surface area contributed by atoms with E-state index in [1.165, 1.54) is 25.0 Å². The summed E-state index contributed by atoms with van der Waals surface area (Å²) in [7, 11) is 0. The molecule has 0 saturated carbocycles. The summed E-state index contributed by atoms with van der Waals surface area (Å²) >= 11 is 2.08. The number of nitrogens with zero attached hydrogens (tertiary/aromatic N) is 3. The molecule has 1 fully saturated rings. The average Bonchev–Trinajstić information content (AvgIpc) is 2.85. The molecule has 1 unspecified atom stereocenters. The lowest BCUT2D eigenvalue weighted by molar-refractivity contribution is 0.276. The summed E-state index contributed by atoms with van der Waals surface area (Å²) in [6.07, 6.45) is 6.77. The molecule has 5 nitrogen and oxygen atoms in total. The summed E-state index contributed by atoms with van der Waals surface area (Å²) in [5.41, 5.74) is 0.980. The van der Waals surface area contributed by atoms with Crippen LogP contribution in [-0.2, 0) is 13.1 Å². The molecule has 1 aromatic rings. The zero-order valence-electron chi connectivity index (χ0n) is 10.7. The summed E-state index contributed by atoms with van der Waals surface area (Å²) in [5, 5.41) is 21.1. The molecule has 1 aliphatic rings. The van der Waals surface area contributed by atoms with Crippen LogP contribution in [0.15, 0.2) is 6.20 Å². The Morgan fingerprint density at radius 1 is 1.50 bits per heavy atom. The third kappa shape index (κ3) is 4.59. The highest BCUT2D eigenvalue weighted by molar-refractivity contribution is 7.99. The Bertz CT molecular complexity index is 339. The molecule has 2 N–H and O–H groups in total. The molecule has 0 amide bonds. The summed E-state index contributed by atoms with van der Waals surface area (Å²) in [6.45, 7) is 2.79. The summed E-state index contributed by atoms with van der Waals surface area (Å²) in [5.74, 6) is 1.31. The van der Waals surface area contributed by atoms with Crippen molar-refractivity contribution in [2.24, 2.45) is 0 Å². The fraction of sp³-hybridized carbons (Fsp3) is 0.833. The predicted octanol–water partition coefficient (Wildman–Crippen LogP) is 1.04. The number of hydrogen-bond donors (Lipinski definition) is 2. The van der Waals surface area contributed by atoms with Gasteiger partial charge in [-0.05, 0) is 25.0 Å². The van der Waals surface area contributed by atoms with E-state index in [-0.39, 0.29) is 6.61 Å². The Labute approximate surface area is 112 Å². The standard InChI is InChI=1S/C12H22N4OS/c17-6-3-5-16-10-11(14-15-16)8-13-9-12-4-1-2-7-18-12/h10,12-13,17H,1-9H2. The molecular formula is C12H22N4OS. The maximum Gasteiger partial charge on any atom is 0.0964 e. The Morgan fingerprint density at radius 3 is 3.22 bits per heavy atom. The monoisotopic (exact) mass is 270 g/mol. The van der Waals surface area contributed by atoms with Crippen molar-refractivity contribution >= 4 is 11.8 Å². The molecule has 6 heteroatoms. The third-order valence-corrected chi connectivity index (χ3v) is 4.48. The zero-order chi connectivity index (χ0) is 12.6. The minimum atomic E-state index is 0.201. The Balaban J connectivity index is 1.64. The minimum absolute atomic E-state index is 0.201. The quantitative estimate of drug-likeness (QED) is 0.775. The van der Waals surface area contributed by atoms with Crippen LogP contribution in [0.3, 0.4) is 0 Å². The SMILES string of the molecule is OCCCn1cc(CNCC2CCCCS2)nn1. The highest BCUT2D eigenvalue weighted by Gasteiger charge is 2.13. The number of aryl methyl sites for hydroxylation is 1. The number of thioether (sulfide) groups is 1. The van der Waals surface area contributed by atoms with Gasteiger partial charge in [-0.3, -0.25) is 4.68 Å². The third-order valence-electron chi connectivity index (χ3n) is 3.08. The zero-order valence-corrected chi connectivity index (χ0v) is 11.5. The van der Waals surface area contributed by atoms with E-state index in [1.54, 1.807) is 4.68 Å². The molecule has 1 atom stereocenters. The van der Waals surface area contributed by atoms with E-state index in [4.69, 9.17) is 5.11 Å². The van der Waals surface area contributed by atoms with Crippen molar-refractivity contribution in [2.45, 2.75) is 44.0 Å². The second-order valence-corrected chi connectivity index (χ2v) is 6.08. The van der Waals surface area contributed by atoms with Crippen molar-refractivity contribution in [3.05, 3.63) is 11.9 Å². The molecule has 1 aliphatic heterocycles. The van der Waals surface area contributed by atoms with Crippen LogP contribution >= 0.6 is 11.8 Å². The van der Waals surface area contributed by atoms with Crippen LogP contribution < -0.4 is 5.32 Å². The van der Waals surface area contributed by atoms with Crippen molar-refractivity contribution in [2.75, 3.05) is 18.9 Å². The van der Waals surface area contributed by atoms with E-state index in [1.807, 2.05) is 6.20 Å². The number of aromatic nitrogens is 3. The highest BCUT2D eigenvalue weighted by Crippen LogP contribution is 2.24. The highest BCUT2D eigenvalue weighted by atomic mass is 32.2. The van der Waals surface area contributed by atoms with Gasteiger partial charge in [-0.1, -0.05) is 11.6 Å². The van der Waals surface area contributed by atoms with Gasteiger partial charge in [0.2, 0.25) is 0 Å². The number of aliphatic hydroxyl groups is 1. The molecule has 1 saturated heterocycles. The van der Waals surface area contributed by atoms with Gasteiger partial charge in [0.05, 0.1) is 5.69 Å². The van der Waals surface area contributed by atoms with Crippen LogP contribution in [0.1, 0.15) is 31.4 Å². The molecule has 1 aromatic heterocycles. The Hall–Kier alpha value is -0.590. The molecule has 102 valence electrons. The molecule has 0 aliphatic carbocycles. The van der Waals surface area contributed by atoms with Crippen LogP contribution in [0, 0.1) is 0 Å². The van der Waals surface area contributed by atoms with E-state index in [2.05, 4.69) is 27.4 Å². The normalized spacial score (nSPS) is 20.2. The van der Waals surface area contributed by atoms with E-state index < -0.39 is 0 Å². The predicted molar refractivity (Wildman–Crippen MR) is 73.5 cm³/mol. The molecule has 2 rings (SSSR count). The van der Waals surface area contributed by atoms with E-state index in [0.717, 1.165) is 37.0 Å². The molecule has 0 aromatic carbocycles. The summed E-state index contributed by atoms with van der Waals surface area (Å²) < 4.78 is 1.79.